The molecule has 14 heavy (non-hydrogen) atoms. The Kier molecular flexibility index (Phi) is 5.01. The van der Waals surface area contributed by atoms with Crippen molar-refractivity contribution in [3.63, 3.8) is 0 Å². The second-order valence-electron chi connectivity index (χ2n) is 2.91. The van der Waals surface area contributed by atoms with Gasteiger partial charge in [0.15, 0.2) is 5.82 Å². The van der Waals surface area contributed by atoms with Crippen LogP contribution >= 0.6 is 12.4 Å². The van der Waals surface area contributed by atoms with Gasteiger partial charge < -0.3 is 16.5 Å². The van der Waals surface area contributed by atoms with E-state index in [2.05, 4.69) is 16.9 Å². The number of aryl methyl sites for hydroxylation is 1. The lowest BCUT2D eigenvalue weighted by Crippen LogP contribution is -2.13. The number of amides is 1. The predicted molar refractivity (Wildman–Crippen MR) is 57.4 cm³/mol. The van der Waals surface area contributed by atoms with Gasteiger partial charge in [-0.15, -0.1) is 12.4 Å². The second-order valence-corrected chi connectivity index (χ2v) is 2.91. The monoisotopic (exact) mass is 218 g/mol. The molecule has 0 aliphatic heterocycles. The molecule has 80 valence electrons. The van der Waals surface area contributed by atoms with Crippen LogP contribution in [-0.2, 0) is 6.42 Å². The number of primary amides is 1. The molecular weight excluding hydrogens is 204 g/mol. The SMILES string of the molecule is CCCCc1nc(N)c(C(N)=O)[nH]1.Cl. The molecule has 1 aromatic heterocycles. The summed E-state index contributed by atoms with van der Waals surface area (Å²) < 4.78 is 0. The minimum absolute atomic E-state index is 0. The van der Waals surface area contributed by atoms with Crippen molar-refractivity contribution in [3.05, 3.63) is 11.5 Å². The van der Waals surface area contributed by atoms with Crippen LogP contribution in [0, 0.1) is 0 Å². The Morgan fingerprint density at radius 3 is 2.64 bits per heavy atom. The minimum Gasteiger partial charge on any atom is -0.382 e. The van der Waals surface area contributed by atoms with E-state index in [0.717, 1.165) is 25.1 Å². The van der Waals surface area contributed by atoms with Crippen molar-refractivity contribution in [2.75, 3.05) is 5.73 Å². The summed E-state index contributed by atoms with van der Waals surface area (Å²) in [5, 5.41) is 0. The molecule has 1 heterocycles. The van der Waals surface area contributed by atoms with Crippen molar-refractivity contribution in [1.29, 1.82) is 0 Å². The molecule has 5 N–H and O–H groups in total. The third-order valence-electron chi connectivity index (χ3n) is 1.79. The number of anilines is 1. The molecule has 1 rings (SSSR count). The predicted octanol–water partition coefficient (Wildman–Crippen LogP) is 0.855. The molecule has 0 aliphatic carbocycles. The number of hydrogen-bond acceptors (Lipinski definition) is 3. The number of nitrogen functional groups attached to an aromatic ring is 1. The maximum Gasteiger partial charge on any atom is 0.269 e. The summed E-state index contributed by atoms with van der Waals surface area (Å²) >= 11 is 0. The van der Waals surface area contributed by atoms with Crippen LogP contribution in [-0.4, -0.2) is 15.9 Å². The molecule has 0 saturated carbocycles. The number of rotatable bonds is 4. The number of nitrogens with one attached hydrogen (secondary N) is 1. The summed E-state index contributed by atoms with van der Waals surface area (Å²) in [7, 11) is 0. The Morgan fingerprint density at radius 1 is 1.57 bits per heavy atom. The Bertz CT molecular complexity index is 310. The van der Waals surface area contributed by atoms with Crippen LogP contribution in [0.3, 0.4) is 0 Å². The molecule has 1 amide bonds. The Morgan fingerprint density at radius 2 is 2.21 bits per heavy atom. The number of hydrogen-bond donors (Lipinski definition) is 3. The van der Waals surface area contributed by atoms with E-state index >= 15 is 0 Å². The number of unbranched alkanes of at least 4 members (excludes halogenated alkanes) is 1. The largest absolute Gasteiger partial charge is 0.382 e. The third kappa shape index (κ3) is 2.92. The minimum atomic E-state index is -0.562. The number of aromatic nitrogens is 2. The third-order valence-corrected chi connectivity index (χ3v) is 1.79. The summed E-state index contributed by atoms with van der Waals surface area (Å²) in [6, 6.07) is 0. The Labute approximate surface area is 88.7 Å². The average Bonchev–Trinajstić information content (AvgIpc) is 2.43. The zero-order valence-corrected chi connectivity index (χ0v) is 8.86. The summed E-state index contributed by atoms with van der Waals surface area (Å²) in [6.07, 6.45) is 2.89. The van der Waals surface area contributed by atoms with Gasteiger partial charge in [-0.2, -0.15) is 0 Å². The number of nitrogens with two attached hydrogens (primary N) is 2. The number of H-pyrrole nitrogens is 1. The topological polar surface area (TPSA) is 97.8 Å². The smallest absolute Gasteiger partial charge is 0.269 e. The van der Waals surface area contributed by atoms with Crippen LogP contribution in [0.25, 0.3) is 0 Å². The van der Waals surface area contributed by atoms with Gasteiger partial charge in [0, 0.05) is 6.42 Å². The Balaban J connectivity index is 0.00000169. The summed E-state index contributed by atoms with van der Waals surface area (Å²) in [6.45, 7) is 2.08. The number of nitrogens with zero attached hydrogens (tertiary/aromatic N) is 1. The standard InChI is InChI=1S/C8H14N4O.ClH/c1-2-3-4-5-11-6(8(10)13)7(9)12-5;/h2-4,9H2,1H3,(H2,10,13)(H,11,12);1H. The molecule has 0 atom stereocenters. The maximum atomic E-state index is 10.8. The van der Waals surface area contributed by atoms with Gasteiger partial charge in [-0.3, -0.25) is 4.79 Å². The second kappa shape index (κ2) is 5.49. The van der Waals surface area contributed by atoms with Gasteiger partial charge in [0.1, 0.15) is 11.5 Å². The maximum absolute atomic E-state index is 10.8. The lowest BCUT2D eigenvalue weighted by molar-refractivity contribution is 0.0997. The van der Waals surface area contributed by atoms with E-state index in [1.807, 2.05) is 0 Å². The fourth-order valence-electron chi connectivity index (χ4n) is 1.09. The van der Waals surface area contributed by atoms with E-state index in [1.165, 1.54) is 0 Å². The van der Waals surface area contributed by atoms with Crippen molar-refractivity contribution < 1.29 is 4.79 Å². The molecule has 0 spiro atoms. The number of carbonyl (C=O) groups is 1. The molecule has 1 aromatic rings. The summed E-state index contributed by atoms with van der Waals surface area (Å²) in [5.74, 6) is 0.361. The van der Waals surface area contributed by atoms with Gasteiger partial charge in [-0.05, 0) is 6.42 Å². The van der Waals surface area contributed by atoms with Gasteiger partial charge in [0.25, 0.3) is 5.91 Å². The Hall–Kier alpha value is -1.23. The van der Waals surface area contributed by atoms with E-state index in [9.17, 15) is 4.79 Å². The molecule has 0 aromatic carbocycles. The van der Waals surface area contributed by atoms with Crippen molar-refractivity contribution >= 4 is 24.1 Å². The van der Waals surface area contributed by atoms with Crippen LogP contribution in [0.5, 0.6) is 0 Å². The van der Waals surface area contributed by atoms with Crippen LogP contribution in [0.2, 0.25) is 0 Å². The molecule has 0 radical (unpaired) electrons. The van der Waals surface area contributed by atoms with E-state index in [4.69, 9.17) is 11.5 Å². The first kappa shape index (κ1) is 12.8. The normalized spacial score (nSPS) is 9.50. The van der Waals surface area contributed by atoms with Crippen LogP contribution in [0.4, 0.5) is 5.82 Å². The molecule has 0 unspecified atom stereocenters. The summed E-state index contributed by atoms with van der Waals surface area (Å²) in [5.41, 5.74) is 10.8. The van der Waals surface area contributed by atoms with Gasteiger partial charge >= 0.3 is 0 Å². The number of halogens is 1. The van der Waals surface area contributed by atoms with Gasteiger partial charge in [-0.1, -0.05) is 13.3 Å². The van der Waals surface area contributed by atoms with Crippen molar-refractivity contribution in [2.24, 2.45) is 5.73 Å². The van der Waals surface area contributed by atoms with Crippen LogP contribution in [0.15, 0.2) is 0 Å². The van der Waals surface area contributed by atoms with E-state index in [1.54, 1.807) is 0 Å². The van der Waals surface area contributed by atoms with Crippen LogP contribution < -0.4 is 11.5 Å². The highest BCUT2D eigenvalue weighted by Crippen LogP contribution is 2.09. The molecule has 5 nitrogen and oxygen atoms in total. The lowest BCUT2D eigenvalue weighted by Gasteiger charge is -1.91. The highest BCUT2D eigenvalue weighted by Gasteiger charge is 2.10. The zero-order chi connectivity index (χ0) is 9.84. The van der Waals surface area contributed by atoms with Crippen molar-refractivity contribution in [3.8, 4) is 0 Å². The van der Waals surface area contributed by atoms with Crippen LogP contribution in [0.1, 0.15) is 36.1 Å². The fourth-order valence-corrected chi connectivity index (χ4v) is 1.09. The van der Waals surface area contributed by atoms with Gasteiger partial charge in [-0.25, -0.2) is 4.98 Å². The van der Waals surface area contributed by atoms with E-state index in [-0.39, 0.29) is 23.9 Å². The average molecular weight is 219 g/mol. The highest BCUT2D eigenvalue weighted by atomic mass is 35.5. The molecule has 0 fully saturated rings. The number of aromatic amines is 1. The number of imidazole rings is 1. The summed E-state index contributed by atoms with van der Waals surface area (Å²) in [4.78, 5) is 17.6. The molecule has 6 heteroatoms. The fraction of sp³-hybridized carbons (Fsp3) is 0.500. The molecule has 0 bridgehead atoms. The highest BCUT2D eigenvalue weighted by molar-refractivity contribution is 5.95. The van der Waals surface area contributed by atoms with Gasteiger partial charge in [0.2, 0.25) is 0 Å². The zero-order valence-electron chi connectivity index (χ0n) is 8.04. The van der Waals surface area contributed by atoms with Gasteiger partial charge in [0.05, 0.1) is 0 Å². The van der Waals surface area contributed by atoms with E-state index in [0.29, 0.717) is 0 Å². The first-order valence-electron chi connectivity index (χ1n) is 4.29. The van der Waals surface area contributed by atoms with Crippen molar-refractivity contribution in [2.45, 2.75) is 26.2 Å². The lowest BCUT2D eigenvalue weighted by atomic mass is 10.2. The molecular formula is C8H15ClN4O. The molecule has 0 saturated heterocycles. The molecule has 0 aliphatic rings. The first-order chi connectivity index (χ1) is 6.15. The number of carbonyl (C=O) groups excluding carboxylic acids is 1. The van der Waals surface area contributed by atoms with E-state index < -0.39 is 5.91 Å². The first-order valence-corrected chi connectivity index (χ1v) is 4.29. The van der Waals surface area contributed by atoms with Crippen molar-refractivity contribution in [1.82, 2.24) is 9.97 Å². The quantitative estimate of drug-likeness (QED) is 0.699.